The molecule has 2 aliphatic rings. The van der Waals surface area contributed by atoms with Gasteiger partial charge in [-0.3, -0.25) is 4.79 Å². The smallest absolute Gasteiger partial charge is 0.271 e. The predicted molar refractivity (Wildman–Crippen MR) is 99.6 cm³/mol. The molecular weight excluding hydrogens is 344 g/mol. The van der Waals surface area contributed by atoms with Crippen molar-refractivity contribution in [2.75, 3.05) is 31.2 Å². The summed E-state index contributed by atoms with van der Waals surface area (Å²) in [6.07, 6.45) is 1.91. The lowest BCUT2D eigenvalue weighted by molar-refractivity contribution is -0.169. The number of hydrogen-bond acceptors (Lipinski definition) is 6. The Morgan fingerprint density at radius 1 is 1.26 bits per heavy atom. The van der Waals surface area contributed by atoms with Crippen LogP contribution in [0, 0.1) is 18.3 Å². The van der Waals surface area contributed by atoms with E-state index in [1.165, 1.54) is 0 Å². The van der Waals surface area contributed by atoms with Gasteiger partial charge in [0.25, 0.3) is 5.56 Å². The molecule has 2 aliphatic heterocycles. The highest BCUT2D eigenvalue weighted by atomic mass is 16.7. The molecule has 2 aromatic rings. The van der Waals surface area contributed by atoms with Crippen molar-refractivity contribution in [3.8, 4) is 6.07 Å². The van der Waals surface area contributed by atoms with Crippen molar-refractivity contribution in [1.82, 2.24) is 9.97 Å². The van der Waals surface area contributed by atoms with Gasteiger partial charge in [0.1, 0.15) is 11.9 Å². The molecule has 1 aromatic carbocycles. The molecule has 7 nitrogen and oxygen atoms in total. The zero-order chi connectivity index (χ0) is 18.9. The molecule has 0 bridgehead atoms. The van der Waals surface area contributed by atoms with E-state index in [1.807, 2.05) is 42.2 Å². The maximum Gasteiger partial charge on any atom is 0.271 e. The molecule has 0 unspecified atom stereocenters. The van der Waals surface area contributed by atoms with E-state index in [2.05, 4.69) is 9.97 Å². The SMILES string of the molecule is Cc1ccccc1Cc1nc(N2CCC3(CC2)OCCO3)c(C#N)c(=O)[nH]1. The molecule has 0 radical (unpaired) electrons. The number of aromatic amines is 1. The molecule has 2 fully saturated rings. The molecule has 27 heavy (non-hydrogen) atoms. The molecular formula is C20H22N4O3. The van der Waals surface area contributed by atoms with Crippen LogP contribution in [0.25, 0.3) is 0 Å². The van der Waals surface area contributed by atoms with Crippen molar-refractivity contribution >= 4 is 5.82 Å². The first kappa shape index (κ1) is 17.7. The highest BCUT2D eigenvalue weighted by molar-refractivity contribution is 5.53. The lowest BCUT2D eigenvalue weighted by Crippen LogP contribution is -2.46. The predicted octanol–water partition coefficient (Wildman–Crippen LogP) is 1.88. The van der Waals surface area contributed by atoms with E-state index in [9.17, 15) is 10.1 Å². The normalized spacial score (nSPS) is 18.6. The maximum absolute atomic E-state index is 12.5. The molecule has 7 heteroatoms. The fourth-order valence-electron chi connectivity index (χ4n) is 3.75. The highest BCUT2D eigenvalue weighted by Gasteiger charge is 2.40. The first-order valence-electron chi connectivity index (χ1n) is 9.21. The van der Waals surface area contributed by atoms with Crippen molar-refractivity contribution in [2.24, 2.45) is 0 Å². The molecule has 1 spiro atoms. The zero-order valence-corrected chi connectivity index (χ0v) is 15.3. The summed E-state index contributed by atoms with van der Waals surface area (Å²) in [6.45, 7) is 4.54. The van der Waals surface area contributed by atoms with E-state index in [0.29, 0.717) is 57.2 Å². The van der Waals surface area contributed by atoms with Gasteiger partial charge in [-0.25, -0.2) is 4.98 Å². The molecule has 1 N–H and O–H groups in total. The number of nitrogens with zero attached hydrogens (tertiary/aromatic N) is 3. The summed E-state index contributed by atoms with van der Waals surface area (Å²) < 4.78 is 11.5. The molecule has 140 valence electrons. The van der Waals surface area contributed by atoms with Crippen molar-refractivity contribution in [1.29, 1.82) is 5.26 Å². The van der Waals surface area contributed by atoms with Gasteiger partial charge in [0.15, 0.2) is 17.2 Å². The Bertz CT molecular complexity index is 931. The van der Waals surface area contributed by atoms with Gasteiger partial charge in [-0.2, -0.15) is 5.26 Å². The number of H-pyrrole nitrogens is 1. The third kappa shape index (κ3) is 3.46. The van der Waals surface area contributed by atoms with Gasteiger partial charge < -0.3 is 19.4 Å². The molecule has 1 aromatic heterocycles. The van der Waals surface area contributed by atoms with Crippen LogP contribution in [-0.2, 0) is 15.9 Å². The number of ether oxygens (including phenoxy) is 2. The quantitative estimate of drug-likeness (QED) is 0.892. The topological polar surface area (TPSA) is 91.2 Å². The Morgan fingerprint density at radius 3 is 2.63 bits per heavy atom. The molecule has 4 rings (SSSR count). The summed E-state index contributed by atoms with van der Waals surface area (Å²) >= 11 is 0. The van der Waals surface area contributed by atoms with E-state index < -0.39 is 5.79 Å². The van der Waals surface area contributed by atoms with Gasteiger partial charge in [-0.15, -0.1) is 0 Å². The lowest BCUT2D eigenvalue weighted by atomic mass is 10.0. The second kappa shape index (κ2) is 7.14. The van der Waals surface area contributed by atoms with Gasteiger partial charge in [0, 0.05) is 32.4 Å². The van der Waals surface area contributed by atoms with Gasteiger partial charge in [0.05, 0.1) is 13.2 Å². The third-order valence-corrected chi connectivity index (χ3v) is 5.32. The van der Waals surface area contributed by atoms with Gasteiger partial charge in [-0.05, 0) is 18.1 Å². The number of rotatable bonds is 3. The Kier molecular flexibility index (Phi) is 4.68. The van der Waals surface area contributed by atoms with E-state index in [0.717, 1.165) is 11.1 Å². The number of nitrogens with one attached hydrogen (secondary N) is 1. The average Bonchev–Trinajstić information content (AvgIpc) is 3.12. The van der Waals surface area contributed by atoms with Crippen molar-refractivity contribution in [3.63, 3.8) is 0 Å². The second-order valence-electron chi connectivity index (χ2n) is 7.02. The van der Waals surface area contributed by atoms with Crippen LogP contribution in [0.15, 0.2) is 29.1 Å². The van der Waals surface area contributed by atoms with E-state index in [4.69, 9.17) is 9.47 Å². The van der Waals surface area contributed by atoms with Crippen LogP contribution in [0.3, 0.4) is 0 Å². The number of nitriles is 1. The van der Waals surface area contributed by atoms with Crippen molar-refractivity contribution in [3.05, 3.63) is 57.1 Å². The van der Waals surface area contributed by atoms with Crippen LogP contribution in [0.2, 0.25) is 0 Å². The Labute approximate surface area is 157 Å². The van der Waals surface area contributed by atoms with Gasteiger partial charge >= 0.3 is 0 Å². The van der Waals surface area contributed by atoms with E-state index in [-0.39, 0.29) is 11.1 Å². The first-order chi connectivity index (χ1) is 13.1. The molecule has 0 aliphatic carbocycles. The molecule has 3 heterocycles. The summed E-state index contributed by atoms with van der Waals surface area (Å²) in [6, 6.07) is 10.0. The maximum atomic E-state index is 12.5. The number of aromatic nitrogens is 2. The van der Waals surface area contributed by atoms with Crippen molar-refractivity contribution < 1.29 is 9.47 Å². The van der Waals surface area contributed by atoms with E-state index in [1.54, 1.807) is 0 Å². The van der Waals surface area contributed by atoms with Gasteiger partial charge in [0.2, 0.25) is 0 Å². The zero-order valence-electron chi connectivity index (χ0n) is 15.3. The minimum Gasteiger partial charge on any atom is -0.355 e. The minimum atomic E-state index is -0.505. The summed E-state index contributed by atoms with van der Waals surface area (Å²) in [5.74, 6) is 0.517. The number of piperidine rings is 1. The summed E-state index contributed by atoms with van der Waals surface area (Å²) in [5.41, 5.74) is 1.91. The summed E-state index contributed by atoms with van der Waals surface area (Å²) in [4.78, 5) is 21.9. The van der Waals surface area contributed by atoms with Crippen LogP contribution in [-0.4, -0.2) is 42.1 Å². The number of anilines is 1. The fourth-order valence-corrected chi connectivity index (χ4v) is 3.75. The number of aryl methyl sites for hydroxylation is 1. The van der Waals surface area contributed by atoms with Gasteiger partial charge in [-0.1, -0.05) is 24.3 Å². The monoisotopic (exact) mass is 366 g/mol. The molecule has 0 atom stereocenters. The van der Waals surface area contributed by atoms with Crippen LogP contribution >= 0.6 is 0 Å². The second-order valence-corrected chi connectivity index (χ2v) is 7.02. The largest absolute Gasteiger partial charge is 0.355 e. The Balaban J connectivity index is 1.62. The standard InChI is InChI=1S/C20H22N4O3/c1-14-4-2-3-5-15(14)12-17-22-18(16(13-21)19(25)23-17)24-8-6-20(7-9-24)26-10-11-27-20/h2-5H,6-12H2,1H3,(H,22,23,25). The van der Waals surface area contributed by atoms with Crippen LogP contribution in [0.5, 0.6) is 0 Å². The minimum absolute atomic E-state index is 0.0627. The average molecular weight is 366 g/mol. The molecule has 0 saturated carbocycles. The van der Waals surface area contributed by atoms with Crippen LogP contribution in [0.1, 0.15) is 35.4 Å². The fraction of sp³-hybridized carbons (Fsp3) is 0.450. The Morgan fingerprint density at radius 2 is 1.96 bits per heavy atom. The first-order valence-corrected chi connectivity index (χ1v) is 9.21. The summed E-state index contributed by atoms with van der Waals surface area (Å²) in [7, 11) is 0. The summed E-state index contributed by atoms with van der Waals surface area (Å²) in [5, 5.41) is 9.47. The van der Waals surface area contributed by atoms with E-state index >= 15 is 0 Å². The molecule has 2 saturated heterocycles. The lowest BCUT2D eigenvalue weighted by Gasteiger charge is -2.38. The Hall–Kier alpha value is -2.69. The number of hydrogen-bond donors (Lipinski definition) is 1. The highest BCUT2D eigenvalue weighted by Crippen LogP contribution is 2.33. The molecule has 0 amide bonds. The third-order valence-electron chi connectivity index (χ3n) is 5.32. The number of benzene rings is 1. The van der Waals surface area contributed by atoms with Crippen LogP contribution < -0.4 is 10.5 Å². The van der Waals surface area contributed by atoms with Crippen molar-refractivity contribution in [2.45, 2.75) is 32.0 Å². The van der Waals surface area contributed by atoms with Crippen LogP contribution in [0.4, 0.5) is 5.82 Å².